The minimum Gasteiger partial charge on any atom is -0.493 e. The molecule has 9 heteroatoms. The molecule has 2 heterocycles. The summed E-state index contributed by atoms with van der Waals surface area (Å²) in [6, 6.07) is 13.4. The molecule has 2 aromatic carbocycles. The minimum atomic E-state index is -0.142. The Labute approximate surface area is 207 Å². The van der Waals surface area contributed by atoms with Gasteiger partial charge in [0.15, 0.2) is 11.5 Å². The van der Waals surface area contributed by atoms with Gasteiger partial charge in [0.1, 0.15) is 5.82 Å². The van der Waals surface area contributed by atoms with Crippen molar-refractivity contribution in [1.29, 1.82) is 0 Å². The van der Waals surface area contributed by atoms with E-state index >= 15 is 0 Å². The van der Waals surface area contributed by atoms with Gasteiger partial charge in [-0.15, -0.1) is 11.3 Å². The summed E-state index contributed by atoms with van der Waals surface area (Å²) in [5.41, 5.74) is 3.69. The SMILES string of the molecule is COc1ccc(Cn2ncc(C)c2NC(=O)Cc2csc(Cc3cccc(Cl)c3)n2)cc1OC. The van der Waals surface area contributed by atoms with Crippen LogP contribution in [0.2, 0.25) is 5.02 Å². The monoisotopic (exact) mass is 496 g/mol. The van der Waals surface area contributed by atoms with Crippen molar-refractivity contribution in [2.45, 2.75) is 26.3 Å². The first-order valence-corrected chi connectivity index (χ1v) is 11.9. The number of hydrogen-bond donors (Lipinski definition) is 1. The average Bonchev–Trinajstić information content (AvgIpc) is 3.40. The lowest BCUT2D eigenvalue weighted by atomic mass is 10.2. The van der Waals surface area contributed by atoms with Crippen LogP contribution in [0.15, 0.2) is 54.0 Å². The second-order valence-corrected chi connectivity index (χ2v) is 9.17. The third-order valence-electron chi connectivity index (χ3n) is 5.25. The Balaban J connectivity index is 1.41. The van der Waals surface area contributed by atoms with Gasteiger partial charge in [-0.3, -0.25) is 4.79 Å². The van der Waals surface area contributed by atoms with Gasteiger partial charge in [0.2, 0.25) is 5.91 Å². The zero-order valence-electron chi connectivity index (χ0n) is 19.2. The number of rotatable bonds is 9. The molecule has 2 aromatic heterocycles. The molecule has 0 fully saturated rings. The Bertz CT molecular complexity index is 1300. The van der Waals surface area contributed by atoms with Crippen LogP contribution in [0, 0.1) is 6.92 Å². The lowest BCUT2D eigenvalue weighted by molar-refractivity contribution is -0.115. The van der Waals surface area contributed by atoms with E-state index in [0.29, 0.717) is 35.3 Å². The van der Waals surface area contributed by atoms with Gasteiger partial charge in [-0.1, -0.05) is 29.8 Å². The fourth-order valence-electron chi connectivity index (χ4n) is 3.59. The zero-order chi connectivity index (χ0) is 24.1. The number of amides is 1. The van der Waals surface area contributed by atoms with Gasteiger partial charge >= 0.3 is 0 Å². The summed E-state index contributed by atoms with van der Waals surface area (Å²) in [6.45, 7) is 2.39. The Morgan fingerprint density at radius 3 is 2.71 bits per heavy atom. The van der Waals surface area contributed by atoms with Crippen LogP contribution < -0.4 is 14.8 Å². The molecule has 0 saturated heterocycles. The summed E-state index contributed by atoms with van der Waals surface area (Å²) in [5, 5.41) is 11.0. The van der Waals surface area contributed by atoms with Crippen molar-refractivity contribution < 1.29 is 14.3 Å². The largest absolute Gasteiger partial charge is 0.493 e. The topological polar surface area (TPSA) is 78.3 Å². The number of nitrogens with zero attached hydrogens (tertiary/aromatic N) is 3. The van der Waals surface area contributed by atoms with Crippen molar-refractivity contribution in [3.05, 3.63) is 86.5 Å². The van der Waals surface area contributed by atoms with E-state index in [0.717, 1.165) is 27.4 Å². The summed E-state index contributed by atoms with van der Waals surface area (Å²) in [4.78, 5) is 17.4. The summed E-state index contributed by atoms with van der Waals surface area (Å²) in [7, 11) is 3.20. The summed E-state index contributed by atoms with van der Waals surface area (Å²) in [6.07, 6.45) is 2.61. The Morgan fingerprint density at radius 1 is 1.12 bits per heavy atom. The van der Waals surface area contributed by atoms with Gasteiger partial charge in [0, 0.05) is 22.4 Å². The number of aromatic nitrogens is 3. The highest BCUT2D eigenvalue weighted by Gasteiger charge is 2.15. The smallest absolute Gasteiger partial charge is 0.231 e. The lowest BCUT2D eigenvalue weighted by Gasteiger charge is -2.12. The minimum absolute atomic E-state index is 0.142. The molecular weight excluding hydrogens is 472 g/mol. The molecule has 0 saturated carbocycles. The molecule has 1 amide bonds. The van der Waals surface area contributed by atoms with Gasteiger partial charge in [-0.25, -0.2) is 9.67 Å². The van der Waals surface area contributed by atoms with E-state index in [1.807, 2.05) is 54.8 Å². The first-order chi connectivity index (χ1) is 16.4. The second kappa shape index (κ2) is 10.7. The van der Waals surface area contributed by atoms with Crippen LogP contribution >= 0.6 is 22.9 Å². The van der Waals surface area contributed by atoms with E-state index in [4.69, 9.17) is 21.1 Å². The number of carbonyl (C=O) groups excluding carboxylic acids is 1. The third-order valence-corrected chi connectivity index (χ3v) is 6.38. The number of thiazole rings is 1. The highest BCUT2D eigenvalue weighted by Crippen LogP contribution is 2.28. The molecule has 0 aliphatic carbocycles. The predicted molar refractivity (Wildman–Crippen MR) is 134 cm³/mol. The van der Waals surface area contributed by atoms with Crippen molar-refractivity contribution in [1.82, 2.24) is 14.8 Å². The fraction of sp³-hybridized carbons (Fsp3) is 0.240. The van der Waals surface area contributed by atoms with Gasteiger partial charge in [-0.05, 0) is 42.3 Å². The van der Waals surface area contributed by atoms with Crippen LogP contribution in [0.1, 0.15) is 27.4 Å². The van der Waals surface area contributed by atoms with E-state index in [2.05, 4.69) is 15.4 Å². The third kappa shape index (κ3) is 5.76. The van der Waals surface area contributed by atoms with Crippen LogP contribution in [0.3, 0.4) is 0 Å². The molecule has 0 aliphatic heterocycles. The normalized spacial score (nSPS) is 10.8. The highest BCUT2D eigenvalue weighted by atomic mass is 35.5. The van der Waals surface area contributed by atoms with Crippen molar-refractivity contribution >= 4 is 34.7 Å². The first kappa shape index (κ1) is 23.8. The molecule has 4 aromatic rings. The summed E-state index contributed by atoms with van der Waals surface area (Å²) < 4.78 is 12.5. The standard InChI is InChI=1S/C25H25ClN4O3S/c1-16-13-27-30(14-18-7-8-21(32-2)22(10-18)33-3)25(16)29-23(31)12-20-15-34-24(28-20)11-17-5-4-6-19(26)9-17/h4-10,13,15H,11-12,14H2,1-3H3,(H,29,31). The number of ether oxygens (including phenoxy) is 2. The predicted octanol–water partition coefficient (Wildman–Crippen LogP) is 5.14. The van der Waals surface area contributed by atoms with Gasteiger partial charge in [0.25, 0.3) is 0 Å². The molecule has 0 aliphatic rings. The maximum absolute atomic E-state index is 12.8. The molecule has 0 unspecified atom stereocenters. The molecule has 0 atom stereocenters. The Morgan fingerprint density at radius 2 is 1.94 bits per heavy atom. The molecule has 0 radical (unpaired) electrons. The number of nitrogens with one attached hydrogen (secondary N) is 1. The van der Waals surface area contributed by atoms with Crippen LogP contribution in [0.4, 0.5) is 5.82 Å². The molecule has 1 N–H and O–H groups in total. The van der Waals surface area contributed by atoms with E-state index in [-0.39, 0.29) is 12.3 Å². The first-order valence-electron chi connectivity index (χ1n) is 10.7. The van der Waals surface area contributed by atoms with E-state index < -0.39 is 0 Å². The summed E-state index contributed by atoms with van der Waals surface area (Å²) >= 11 is 7.61. The zero-order valence-corrected chi connectivity index (χ0v) is 20.7. The number of carbonyl (C=O) groups is 1. The molecule has 0 spiro atoms. The number of benzene rings is 2. The molecular formula is C25H25ClN4O3S. The van der Waals surface area contributed by atoms with Gasteiger partial charge in [0.05, 0.1) is 44.1 Å². The number of hydrogen-bond acceptors (Lipinski definition) is 6. The Hall–Kier alpha value is -3.36. The molecule has 176 valence electrons. The van der Waals surface area contributed by atoms with Gasteiger partial charge in [-0.2, -0.15) is 5.10 Å². The maximum atomic E-state index is 12.8. The molecule has 7 nitrogen and oxygen atoms in total. The number of aryl methyl sites for hydroxylation is 1. The van der Waals surface area contributed by atoms with E-state index in [1.54, 1.807) is 36.4 Å². The average molecular weight is 497 g/mol. The molecule has 4 rings (SSSR count). The maximum Gasteiger partial charge on any atom is 0.231 e. The van der Waals surface area contributed by atoms with Crippen molar-refractivity contribution in [2.24, 2.45) is 0 Å². The number of anilines is 1. The highest BCUT2D eigenvalue weighted by molar-refractivity contribution is 7.09. The van der Waals surface area contributed by atoms with Crippen molar-refractivity contribution in [3.63, 3.8) is 0 Å². The summed E-state index contributed by atoms with van der Waals surface area (Å²) in [5.74, 6) is 1.83. The van der Waals surface area contributed by atoms with Crippen LogP contribution in [0.5, 0.6) is 11.5 Å². The van der Waals surface area contributed by atoms with Crippen LogP contribution in [0.25, 0.3) is 0 Å². The van der Waals surface area contributed by atoms with Crippen molar-refractivity contribution in [3.8, 4) is 11.5 Å². The molecule has 34 heavy (non-hydrogen) atoms. The van der Waals surface area contributed by atoms with E-state index in [1.165, 1.54) is 0 Å². The lowest BCUT2D eigenvalue weighted by Crippen LogP contribution is -2.19. The van der Waals surface area contributed by atoms with Crippen LogP contribution in [-0.4, -0.2) is 34.9 Å². The van der Waals surface area contributed by atoms with E-state index in [9.17, 15) is 4.79 Å². The number of methoxy groups -OCH3 is 2. The fourth-order valence-corrected chi connectivity index (χ4v) is 4.63. The van der Waals surface area contributed by atoms with Crippen LogP contribution in [-0.2, 0) is 24.2 Å². The number of halogens is 1. The quantitative estimate of drug-likeness (QED) is 0.347. The molecule has 0 bridgehead atoms. The van der Waals surface area contributed by atoms with Crippen molar-refractivity contribution in [2.75, 3.05) is 19.5 Å². The Kier molecular flexibility index (Phi) is 7.49. The van der Waals surface area contributed by atoms with Gasteiger partial charge < -0.3 is 14.8 Å². The second-order valence-electron chi connectivity index (χ2n) is 7.79.